The molecule has 0 saturated carbocycles. The van der Waals surface area contributed by atoms with E-state index in [1.807, 2.05) is 49.9 Å². The number of hydrogen-bond acceptors (Lipinski definition) is 10. The molecule has 2 bridgehead atoms. The van der Waals surface area contributed by atoms with Crippen LogP contribution in [-0.2, 0) is 15.9 Å². The molecule has 2 unspecified atom stereocenters. The largest absolute Gasteiger partial charge is 0.468 e. The van der Waals surface area contributed by atoms with Crippen molar-refractivity contribution >= 4 is 33.6 Å². The van der Waals surface area contributed by atoms with Gasteiger partial charge in [-0.1, -0.05) is 25.1 Å². The fourth-order valence-corrected chi connectivity index (χ4v) is 9.02. The first-order valence-electron chi connectivity index (χ1n) is 18.8. The molecule has 2 aromatic carbocycles. The summed E-state index contributed by atoms with van der Waals surface area (Å²) < 4.78 is 55.1. The van der Waals surface area contributed by atoms with E-state index in [9.17, 15) is 9.18 Å². The van der Waals surface area contributed by atoms with E-state index in [1.54, 1.807) is 19.4 Å². The second-order valence-electron chi connectivity index (χ2n) is 15.9. The molecule has 4 fully saturated rings. The van der Waals surface area contributed by atoms with Gasteiger partial charge in [-0.25, -0.2) is 13.6 Å². The van der Waals surface area contributed by atoms with Crippen molar-refractivity contribution in [2.24, 2.45) is 0 Å². The second-order valence-corrected chi connectivity index (χ2v) is 15.9. The Morgan fingerprint density at radius 2 is 1.87 bits per heavy atom. The molecule has 282 valence electrons. The summed E-state index contributed by atoms with van der Waals surface area (Å²) in [4.78, 5) is 33.8. The fourth-order valence-electron chi connectivity index (χ4n) is 9.02. The predicted molar refractivity (Wildman–Crippen MR) is 198 cm³/mol. The number of nitrogens with zero attached hydrogens (tertiary/aromatic N) is 6. The van der Waals surface area contributed by atoms with E-state index in [0.29, 0.717) is 48.6 Å². The number of fused-ring (bicyclic) bond motifs is 5. The van der Waals surface area contributed by atoms with E-state index < -0.39 is 23.1 Å². The highest BCUT2D eigenvalue weighted by atomic mass is 19.1. The number of carbonyl (C=O) groups is 1. The minimum Gasteiger partial charge on any atom is -0.468 e. The third-order valence-electron chi connectivity index (χ3n) is 11.3. The zero-order valence-corrected chi connectivity index (χ0v) is 31.2. The van der Waals surface area contributed by atoms with E-state index in [1.165, 1.54) is 0 Å². The number of benzene rings is 2. The van der Waals surface area contributed by atoms with Crippen LogP contribution in [0.25, 0.3) is 32.9 Å². The highest BCUT2D eigenvalue weighted by molar-refractivity contribution is 6.01. The normalized spacial score (nSPS) is 24.3. The monoisotopic (exact) mass is 730 g/mol. The molecule has 11 nitrogen and oxygen atoms in total. The molecule has 8 rings (SSSR count). The SMILES string of the molecule is CCc1cccc2cc(OCOC)cc(-c3ncc4c(N5CC6CCC(C5)N6C(=O)OC(C)(C)C)nc(OC[C@]56CCCN5C[C@@H](F)C6)nc4c3F)c12. The van der Waals surface area contributed by atoms with Crippen LogP contribution in [0.3, 0.4) is 0 Å². The highest BCUT2D eigenvalue weighted by Gasteiger charge is 2.50. The van der Waals surface area contributed by atoms with Gasteiger partial charge in [0.1, 0.15) is 41.2 Å². The number of carbonyl (C=O) groups excluding carboxylic acids is 1. The van der Waals surface area contributed by atoms with Gasteiger partial charge < -0.3 is 23.8 Å². The summed E-state index contributed by atoms with van der Waals surface area (Å²) in [5, 5.41) is 2.22. The average molecular weight is 731 g/mol. The van der Waals surface area contributed by atoms with Crippen LogP contribution in [0.4, 0.5) is 19.4 Å². The van der Waals surface area contributed by atoms with Gasteiger partial charge in [0, 0.05) is 44.9 Å². The van der Waals surface area contributed by atoms with Gasteiger partial charge in [0.05, 0.1) is 23.0 Å². The lowest BCUT2D eigenvalue weighted by atomic mass is 9.95. The number of rotatable bonds is 9. The number of methoxy groups -OCH3 is 1. The van der Waals surface area contributed by atoms with Crippen molar-refractivity contribution < 1.29 is 32.5 Å². The fraction of sp³-hybridized carbons (Fsp3) is 0.550. The molecule has 4 aliphatic rings. The zero-order chi connectivity index (χ0) is 37.1. The van der Waals surface area contributed by atoms with Crippen LogP contribution in [0, 0.1) is 5.82 Å². The number of amides is 1. The van der Waals surface area contributed by atoms with Gasteiger partial charge in [-0.05, 0) is 87.9 Å². The average Bonchev–Trinajstić information content (AvgIpc) is 3.75. The van der Waals surface area contributed by atoms with Crippen molar-refractivity contribution in [3.8, 4) is 23.0 Å². The molecule has 0 radical (unpaired) electrons. The van der Waals surface area contributed by atoms with Crippen molar-refractivity contribution in [3.63, 3.8) is 0 Å². The number of halogens is 2. The molecule has 4 saturated heterocycles. The number of alkyl halides is 1. The Hall–Kier alpha value is -4.36. The van der Waals surface area contributed by atoms with Crippen molar-refractivity contribution in [3.05, 3.63) is 47.9 Å². The van der Waals surface area contributed by atoms with Gasteiger partial charge in [-0.15, -0.1) is 0 Å². The molecular weight excluding hydrogens is 682 g/mol. The Balaban J connectivity index is 1.22. The summed E-state index contributed by atoms with van der Waals surface area (Å²) in [6.45, 7) is 10.1. The van der Waals surface area contributed by atoms with Crippen LogP contribution in [0.1, 0.15) is 65.4 Å². The lowest BCUT2D eigenvalue weighted by molar-refractivity contribution is 0.0122. The molecule has 4 atom stereocenters. The molecule has 53 heavy (non-hydrogen) atoms. The van der Waals surface area contributed by atoms with Crippen LogP contribution in [-0.4, -0.2) is 107 Å². The number of piperazine rings is 1. The van der Waals surface area contributed by atoms with Crippen molar-refractivity contribution in [2.75, 3.05) is 51.6 Å². The molecule has 4 aliphatic heterocycles. The third-order valence-corrected chi connectivity index (χ3v) is 11.3. The quantitative estimate of drug-likeness (QED) is 0.166. The number of aryl methyl sites for hydroxylation is 1. The maximum Gasteiger partial charge on any atom is 0.410 e. The minimum atomic E-state index is -0.915. The smallest absolute Gasteiger partial charge is 0.410 e. The topological polar surface area (TPSA) is 102 Å². The molecule has 4 aromatic rings. The number of anilines is 1. The van der Waals surface area contributed by atoms with E-state index in [2.05, 4.69) is 16.7 Å². The number of aromatic nitrogens is 3. The van der Waals surface area contributed by atoms with Gasteiger partial charge in [0.25, 0.3) is 0 Å². The molecule has 0 N–H and O–H groups in total. The minimum absolute atomic E-state index is 0.0327. The lowest BCUT2D eigenvalue weighted by Crippen LogP contribution is -2.57. The van der Waals surface area contributed by atoms with Crippen LogP contribution < -0.4 is 14.4 Å². The Kier molecular flexibility index (Phi) is 9.29. The van der Waals surface area contributed by atoms with Gasteiger partial charge >= 0.3 is 12.1 Å². The Labute approximate surface area is 308 Å². The number of pyridine rings is 1. The van der Waals surface area contributed by atoms with E-state index in [-0.39, 0.29) is 48.8 Å². The van der Waals surface area contributed by atoms with E-state index in [0.717, 1.165) is 55.0 Å². The first-order chi connectivity index (χ1) is 25.5. The summed E-state index contributed by atoms with van der Waals surface area (Å²) in [6.07, 6.45) is 4.95. The van der Waals surface area contributed by atoms with Crippen LogP contribution in [0.2, 0.25) is 0 Å². The van der Waals surface area contributed by atoms with Crippen LogP contribution in [0.15, 0.2) is 36.5 Å². The summed E-state index contributed by atoms with van der Waals surface area (Å²) in [5.41, 5.74) is 0.795. The zero-order valence-electron chi connectivity index (χ0n) is 31.2. The third kappa shape index (κ3) is 6.60. The maximum absolute atomic E-state index is 17.3. The lowest BCUT2D eigenvalue weighted by Gasteiger charge is -2.42. The molecule has 1 amide bonds. The van der Waals surface area contributed by atoms with Gasteiger partial charge in [0.15, 0.2) is 12.6 Å². The standard InChI is InChI=1S/C40H48F2N6O5/c1-6-24-9-7-10-25-15-29(52-23-50-5)16-30(32(24)25)34-33(42)35-31(18-43-34)36(45-37(44-35)51-22-40-13-8-14-47(40)19-26(41)17-40)46-20-27-11-12-28(21-46)48(27)38(49)53-39(2,3)4/h7,9-10,15-16,18,26-28H,6,8,11-14,17,19-23H2,1-5H3/t26-,27?,28?,40+/m0/s1. The predicted octanol–water partition coefficient (Wildman–Crippen LogP) is 7.07. The first kappa shape index (κ1) is 35.7. The summed E-state index contributed by atoms with van der Waals surface area (Å²) >= 11 is 0. The van der Waals surface area contributed by atoms with Crippen molar-refractivity contribution in [2.45, 2.75) is 95.6 Å². The number of hydrogen-bond donors (Lipinski definition) is 0. The molecular formula is C40H48F2N6O5. The summed E-state index contributed by atoms with van der Waals surface area (Å²) in [5.74, 6) is 0.418. The molecule has 2 aromatic heterocycles. The second kappa shape index (κ2) is 13.8. The summed E-state index contributed by atoms with van der Waals surface area (Å²) in [7, 11) is 1.55. The highest BCUT2D eigenvalue weighted by Crippen LogP contribution is 2.43. The van der Waals surface area contributed by atoms with Crippen LogP contribution >= 0.6 is 0 Å². The van der Waals surface area contributed by atoms with E-state index >= 15 is 4.39 Å². The molecule has 6 heterocycles. The maximum atomic E-state index is 17.3. The van der Waals surface area contributed by atoms with Gasteiger partial charge in [0.2, 0.25) is 0 Å². The van der Waals surface area contributed by atoms with E-state index in [4.69, 9.17) is 33.9 Å². The van der Waals surface area contributed by atoms with Crippen molar-refractivity contribution in [1.29, 1.82) is 0 Å². The Morgan fingerprint density at radius 3 is 2.60 bits per heavy atom. The van der Waals surface area contributed by atoms with Crippen LogP contribution in [0.5, 0.6) is 11.8 Å². The van der Waals surface area contributed by atoms with Gasteiger partial charge in [-0.3, -0.25) is 14.8 Å². The summed E-state index contributed by atoms with van der Waals surface area (Å²) in [6, 6.07) is 9.54. The number of ether oxygens (including phenoxy) is 4. The first-order valence-corrected chi connectivity index (χ1v) is 18.8. The Morgan fingerprint density at radius 1 is 1.08 bits per heavy atom. The van der Waals surface area contributed by atoms with Gasteiger partial charge in [-0.2, -0.15) is 9.97 Å². The molecule has 0 aliphatic carbocycles. The Bertz CT molecular complexity index is 2030. The molecule has 0 spiro atoms. The molecule has 13 heteroatoms. The van der Waals surface area contributed by atoms with Crippen molar-refractivity contribution in [1.82, 2.24) is 24.8 Å².